The molecule has 0 amide bonds. The lowest BCUT2D eigenvalue weighted by Gasteiger charge is -2.23. The van der Waals surface area contributed by atoms with Crippen LogP contribution in [0.15, 0.2) is 12.1 Å². The first-order valence-corrected chi connectivity index (χ1v) is 8.07. The van der Waals surface area contributed by atoms with Gasteiger partial charge in [0.15, 0.2) is 0 Å². The van der Waals surface area contributed by atoms with Crippen LogP contribution in [0.4, 0.5) is 0 Å². The number of rotatable bonds is 7. The van der Waals surface area contributed by atoms with Crippen molar-refractivity contribution >= 4 is 11.3 Å². The van der Waals surface area contributed by atoms with E-state index in [-0.39, 0.29) is 0 Å². The predicted molar refractivity (Wildman–Crippen MR) is 78.5 cm³/mol. The third-order valence-electron chi connectivity index (χ3n) is 3.56. The van der Waals surface area contributed by atoms with E-state index in [0.29, 0.717) is 12.1 Å². The minimum Gasteiger partial charge on any atom is -0.377 e. The molecule has 3 heteroatoms. The van der Waals surface area contributed by atoms with Crippen molar-refractivity contribution in [1.82, 2.24) is 5.32 Å². The van der Waals surface area contributed by atoms with Gasteiger partial charge < -0.3 is 10.1 Å². The lowest BCUT2D eigenvalue weighted by Crippen LogP contribution is -2.41. The van der Waals surface area contributed by atoms with Crippen LogP contribution in [-0.2, 0) is 17.6 Å². The zero-order chi connectivity index (χ0) is 12.8. The maximum absolute atomic E-state index is 5.86. The molecule has 0 spiro atoms. The minimum absolute atomic E-state index is 0.420. The molecule has 2 atom stereocenters. The Bertz CT molecular complexity index is 344. The van der Waals surface area contributed by atoms with Gasteiger partial charge in [0.2, 0.25) is 0 Å². The Morgan fingerprint density at radius 3 is 2.83 bits per heavy atom. The van der Waals surface area contributed by atoms with Crippen LogP contribution < -0.4 is 5.32 Å². The van der Waals surface area contributed by atoms with Crippen molar-refractivity contribution in [1.29, 1.82) is 0 Å². The van der Waals surface area contributed by atoms with Crippen LogP contribution in [-0.4, -0.2) is 25.3 Å². The van der Waals surface area contributed by atoms with E-state index in [1.54, 1.807) is 0 Å². The highest BCUT2D eigenvalue weighted by Crippen LogP contribution is 2.23. The van der Waals surface area contributed by atoms with Gasteiger partial charge >= 0.3 is 0 Å². The molecule has 1 aliphatic heterocycles. The largest absolute Gasteiger partial charge is 0.377 e. The molecular formula is C15H25NOS. The summed E-state index contributed by atoms with van der Waals surface area (Å²) < 4.78 is 5.86. The highest BCUT2D eigenvalue weighted by molar-refractivity contribution is 7.11. The first-order chi connectivity index (χ1) is 8.83. The van der Waals surface area contributed by atoms with Crippen molar-refractivity contribution in [3.8, 4) is 0 Å². The fraction of sp³-hybridized carbons (Fsp3) is 0.733. The first-order valence-electron chi connectivity index (χ1n) is 7.26. The Labute approximate surface area is 115 Å². The molecule has 1 aromatic heterocycles. The summed E-state index contributed by atoms with van der Waals surface area (Å²) in [4.78, 5) is 2.99. The highest BCUT2D eigenvalue weighted by Gasteiger charge is 2.25. The van der Waals surface area contributed by atoms with Crippen molar-refractivity contribution in [3.63, 3.8) is 0 Å². The van der Waals surface area contributed by atoms with E-state index in [2.05, 4.69) is 31.3 Å². The predicted octanol–water partition coefficient (Wildman–Crippen LogP) is 3.40. The number of ether oxygens (including phenoxy) is 1. The van der Waals surface area contributed by atoms with Crippen LogP contribution in [0, 0.1) is 0 Å². The summed E-state index contributed by atoms with van der Waals surface area (Å²) >= 11 is 1.96. The normalized spacial score (nSPS) is 21.3. The average molecular weight is 267 g/mol. The summed E-state index contributed by atoms with van der Waals surface area (Å²) in [5.41, 5.74) is 0. The van der Waals surface area contributed by atoms with Crippen molar-refractivity contribution in [2.24, 2.45) is 0 Å². The molecule has 2 rings (SSSR count). The van der Waals surface area contributed by atoms with Gasteiger partial charge in [0.1, 0.15) is 0 Å². The first kappa shape index (κ1) is 14.0. The van der Waals surface area contributed by atoms with Gasteiger partial charge in [-0.15, -0.1) is 11.3 Å². The Morgan fingerprint density at radius 2 is 2.22 bits per heavy atom. The van der Waals surface area contributed by atoms with Gasteiger partial charge in [-0.25, -0.2) is 0 Å². The molecule has 0 bridgehead atoms. The number of aryl methyl sites for hydroxylation is 1. The maximum Gasteiger partial charge on any atom is 0.0732 e. The van der Waals surface area contributed by atoms with Crippen LogP contribution in [0.5, 0.6) is 0 Å². The molecule has 1 saturated heterocycles. The van der Waals surface area contributed by atoms with Crippen LogP contribution >= 0.6 is 11.3 Å². The van der Waals surface area contributed by atoms with Gasteiger partial charge in [0.25, 0.3) is 0 Å². The van der Waals surface area contributed by atoms with Crippen LogP contribution in [0.25, 0.3) is 0 Å². The van der Waals surface area contributed by atoms with Gasteiger partial charge in [-0.2, -0.15) is 0 Å². The molecule has 2 heterocycles. The molecule has 1 aromatic rings. The van der Waals surface area contributed by atoms with E-state index in [4.69, 9.17) is 4.74 Å². The van der Waals surface area contributed by atoms with E-state index in [9.17, 15) is 0 Å². The second-order valence-electron chi connectivity index (χ2n) is 5.04. The van der Waals surface area contributed by atoms with E-state index in [0.717, 1.165) is 26.0 Å². The molecule has 0 aromatic carbocycles. The lowest BCUT2D eigenvalue weighted by atomic mass is 10.0. The number of nitrogens with one attached hydrogen (secondary N) is 1. The highest BCUT2D eigenvalue weighted by atomic mass is 32.1. The lowest BCUT2D eigenvalue weighted by molar-refractivity contribution is 0.0786. The van der Waals surface area contributed by atoms with Gasteiger partial charge in [-0.05, 0) is 50.8 Å². The Morgan fingerprint density at radius 1 is 1.39 bits per heavy atom. The summed E-state index contributed by atoms with van der Waals surface area (Å²) in [5.74, 6) is 0. The van der Waals surface area contributed by atoms with Crippen molar-refractivity contribution < 1.29 is 4.74 Å². The monoisotopic (exact) mass is 267 g/mol. The maximum atomic E-state index is 5.86. The molecule has 1 aliphatic rings. The Kier molecular flexibility index (Phi) is 5.67. The second-order valence-corrected chi connectivity index (χ2v) is 6.29. The van der Waals surface area contributed by atoms with E-state index < -0.39 is 0 Å². The van der Waals surface area contributed by atoms with Gasteiger partial charge in [-0.3, -0.25) is 0 Å². The summed E-state index contributed by atoms with van der Waals surface area (Å²) in [6, 6.07) is 5.06. The van der Waals surface area contributed by atoms with Crippen molar-refractivity contribution in [2.75, 3.05) is 13.2 Å². The number of hydrogen-bond acceptors (Lipinski definition) is 3. The summed E-state index contributed by atoms with van der Waals surface area (Å²) in [6.45, 7) is 6.48. The number of thiophene rings is 1. The fourth-order valence-electron chi connectivity index (χ4n) is 2.52. The average Bonchev–Trinajstić information content (AvgIpc) is 3.05. The second kappa shape index (κ2) is 7.27. The molecule has 0 aliphatic carbocycles. The quantitative estimate of drug-likeness (QED) is 0.817. The van der Waals surface area contributed by atoms with E-state index in [1.807, 2.05) is 11.3 Å². The van der Waals surface area contributed by atoms with E-state index in [1.165, 1.54) is 29.0 Å². The molecule has 102 valence electrons. The van der Waals surface area contributed by atoms with Crippen LogP contribution in [0.3, 0.4) is 0 Å². The third-order valence-corrected chi connectivity index (χ3v) is 4.81. The third kappa shape index (κ3) is 3.81. The molecule has 2 unspecified atom stereocenters. The smallest absolute Gasteiger partial charge is 0.0732 e. The standard InChI is InChI=1S/C15H25NOS/c1-3-9-16-14(15-6-5-10-17-15)11-13-8-7-12(4-2)18-13/h7-8,14-16H,3-6,9-11H2,1-2H3. The zero-order valence-corrected chi connectivity index (χ0v) is 12.4. The topological polar surface area (TPSA) is 21.3 Å². The molecule has 0 saturated carbocycles. The Balaban J connectivity index is 1.94. The van der Waals surface area contributed by atoms with E-state index >= 15 is 0 Å². The SMILES string of the molecule is CCCNC(Cc1ccc(CC)s1)C1CCCO1. The van der Waals surface area contributed by atoms with Crippen molar-refractivity contribution in [2.45, 2.75) is 58.1 Å². The van der Waals surface area contributed by atoms with Gasteiger partial charge in [-0.1, -0.05) is 13.8 Å². The molecule has 1 N–H and O–H groups in total. The van der Waals surface area contributed by atoms with Crippen LogP contribution in [0.2, 0.25) is 0 Å². The fourth-order valence-corrected chi connectivity index (χ4v) is 3.54. The number of hydrogen-bond donors (Lipinski definition) is 1. The van der Waals surface area contributed by atoms with Crippen LogP contribution in [0.1, 0.15) is 42.9 Å². The molecule has 2 nitrogen and oxygen atoms in total. The zero-order valence-electron chi connectivity index (χ0n) is 11.6. The van der Waals surface area contributed by atoms with Gasteiger partial charge in [0.05, 0.1) is 6.10 Å². The summed E-state index contributed by atoms with van der Waals surface area (Å²) in [5, 5.41) is 3.67. The molecular weight excluding hydrogens is 242 g/mol. The molecule has 18 heavy (non-hydrogen) atoms. The summed E-state index contributed by atoms with van der Waals surface area (Å²) in [6.07, 6.45) is 6.32. The molecule has 1 fully saturated rings. The minimum atomic E-state index is 0.420. The molecule has 0 radical (unpaired) electrons. The van der Waals surface area contributed by atoms with Gasteiger partial charge in [0, 0.05) is 22.4 Å². The van der Waals surface area contributed by atoms with Crippen molar-refractivity contribution in [3.05, 3.63) is 21.9 Å². The summed E-state index contributed by atoms with van der Waals surface area (Å²) in [7, 11) is 0. The Hall–Kier alpha value is -0.380.